The summed E-state index contributed by atoms with van der Waals surface area (Å²) in [6.45, 7) is 1.11. The van der Waals surface area contributed by atoms with Crippen LogP contribution in [-0.2, 0) is 4.79 Å². The van der Waals surface area contributed by atoms with Crippen LogP contribution in [0.2, 0.25) is 0 Å². The molecule has 0 radical (unpaired) electrons. The number of hydrogen-bond donors (Lipinski definition) is 1. The SMILES string of the molecule is NC(=O)C1CCN(C(=O)c2cc(-c3cccs3)nc3ccccc23)CC1. The molecule has 3 heterocycles. The minimum Gasteiger partial charge on any atom is -0.369 e. The van der Waals surface area contributed by atoms with Crippen LogP contribution in [0.5, 0.6) is 0 Å². The molecule has 3 aromatic rings. The largest absolute Gasteiger partial charge is 0.369 e. The summed E-state index contributed by atoms with van der Waals surface area (Å²) in [7, 11) is 0. The molecule has 0 bridgehead atoms. The zero-order valence-electron chi connectivity index (χ0n) is 14.2. The summed E-state index contributed by atoms with van der Waals surface area (Å²) >= 11 is 1.61. The molecule has 2 amide bonds. The number of thiophene rings is 1. The van der Waals surface area contributed by atoms with E-state index in [1.807, 2.05) is 52.7 Å². The van der Waals surface area contributed by atoms with Crippen molar-refractivity contribution in [3.8, 4) is 10.6 Å². The van der Waals surface area contributed by atoms with Crippen molar-refractivity contribution in [2.45, 2.75) is 12.8 Å². The van der Waals surface area contributed by atoms with Gasteiger partial charge in [-0.1, -0.05) is 24.3 Å². The number of benzene rings is 1. The lowest BCUT2D eigenvalue weighted by Gasteiger charge is -2.31. The van der Waals surface area contributed by atoms with E-state index < -0.39 is 0 Å². The number of pyridine rings is 1. The number of piperidine rings is 1. The van der Waals surface area contributed by atoms with E-state index in [1.54, 1.807) is 11.3 Å². The van der Waals surface area contributed by atoms with Gasteiger partial charge in [0, 0.05) is 24.4 Å². The lowest BCUT2D eigenvalue weighted by Crippen LogP contribution is -2.41. The molecule has 0 spiro atoms. The van der Waals surface area contributed by atoms with Crippen LogP contribution >= 0.6 is 11.3 Å². The number of hydrogen-bond acceptors (Lipinski definition) is 4. The van der Waals surface area contributed by atoms with Gasteiger partial charge in [-0.2, -0.15) is 0 Å². The van der Waals surface area contributed by atoms with Crippen molar-refractivity contribution in [3.63, 3.8) is 0 Å². The molecule has 6 heteroatoms. The Labute approximate surface area is 155 Å². The van der Waals surface area contributed by atoms with Gasteiger partial charge in [0.05, 0.1) is 21.7 Å². The van der Waals surface area contributed by atoms with Crippen LogP contribution in [0.1, 0.15) is 23.2 Å². The minimum absolute atomic E-state index is 0.00988. The Bertz CT molecular complexity index is 960. The highest BCUT2D eigenvalue weighted by molar-refractivity contribution is 7.13. The van der Waals surface area contributed by atoms with Gasteiger partial charge in [-0.25, -0.2) is 4.98 Å². The molecule has 0 atom stereocenters. The zero-order chi connectivity index (χ0) is 18.1. The topological polar surface area (TPSA) is 76.3 Å². The van der Waals surface area contributed by atoms with E-state index in [0.29, 0.717) is 31.5 Å². The third-order valence-electron chi connectivity index (χ3n) is 4.90. The predicted octanol–water partition coefficient (Wildman–Crippen LogP) is 3.30. The Kier molecular flexibility index (Phi) is 4.42. The number of rotatable bonds is 3. The zero-order valence-corrected chi connectivity index (χ0v) is 15.0. The third kappa shape index (κ3) is 3.08. The summed E-state index contributed by atoms with van der Waals surface area (Å²) in [5.74, 6) is -0.411. The van der Waals surface area contributed by atoms with Gasteiger partial charge in [0.2, 0.25) is 5.91 Å². The quantitative estimate of drug-likeness (QED) is 0.774. The lowest BCUT2D eigenvalue weighted by molar-refractivity contribution is -0.123. The van der Waals surface area contributed by atoms with Gasteiger partial charge in [0.15, 0.2) is 0 Å². The minimum atomic E-state index is -0.272. The molecule has 2 aromatic heterocycles. The second kappa shape index (κ2) is 6.88. The smallest absolute Gasteiger partial charge is 0.254 e. The maximum atomic E-state index is 13.2. The van der Waals surface area contributed by atoms with Gasteiger partial charge in [-0.3, -0.25) is 9.59 Å². The molecule has 1 aliphatic heterocycles. The van der Waals surface area contributed by atoms with Gasteiger partial charge in [-0.05, 0) is 36.4 Å². The van der Waals surface area contributed by atoms with Gasteiger partial charge in [-0.15, -0.1) is 11.3 Å². The first kappa shape index (κ1) is 16.7. The van der Waals surface area contributed by atoms with Crippen molar-refractivity contribution >= 4 is 34.1 Å². The Balaban J connectivity index is 1.71. The van der Waals surface area contributed by atoms with E-state index in [9.17, 15) is 9.59 Å². The predicted molar refractivity (Wildman–Crippen MR) is 103 cm³/mol. The number of nitrogens with two attached hydrogens (primary N) is 1. The summed E-state index contributed by atoms with van der Waals surface area (Å²) in [6, 6.07) is 13.6. The summed E-state index contributed by atoms with van der Waals surface area (Å²) < 4.78 is 0. The maximum Gasteiger partial charge on any atom is 0.254 e. The van der Waals surface area contributed by atoms with Crippen molar-refractivity contribution < 1.29 is 9.59 Å². The number of fused-ring (bicyclic) bond motifs is 1. The number of nitrogens with zero attached hydrogens (tertiary/aromatic N) is 2. The van der Waals surface area contributed by atoms with E-state index in [1.165, 1.54) is 0 Å². The van der Waals surface area contributed by atoms with Crippen LogP contribution in [-0.4, -0.2) is 34.8 Å². The molecule has 2 N–H and O–H groups in total. The van der Waals surface area contributed by atoms with Gasteiger partial charge >= 0.3 is 0 Å². The Hall–Kier alpha value is -2.73. The molecule has 4 rings (SSSR count). The molecule has 26 heavy (non-hydrogen) atoms. The fraction of sp³-hybridized carbons (Fsp3) is 0.250. The van der Waals surface area contributed by atoms with Crippen LogP contribution in [0.3, 0.4) is 0 Å². The number of amides is 2. The fourth-order valence-corrected chi connectivity index (χ4v) is 4.13. The van der Waals surface area contributed by atoms with Crippen molar-refractivity contribution in [2.24, 2.45) is 11.7 Å². The fourth-order valence-electron chi connectivity index (χ4n) is 3.44. The summed E-state index contributed by atoms with van der Waals surface area (Å²) in [4.78, 5) is 32.1. The standard InChI is InChI=1S/C20H19N3O2S/c21-19(24)13-7-9-23(10-8-13)20(25)15-12-17(18-6-3-11-26-18)22-16-5-2-1-4-14(15)16/h1-6,11-13H,7-10H2,(H2,21,24). The highest BCUT2D eigenvalue weighted by Crippen LogP contribution is 2.29. The van der Waals surface area contributed by atoms with Crippen LogP contribution in [0.15, 0.2) is 47.8 Å². The first-order chi connectivity index (χ1) is 12.6. The maximum absolute atomic E-state index is 13.2. The number of carbonyl (C=O) groups excluding carboxylic acids is 2. The summed E-state index contributed by atoms with van der Waals surface area (Å²) in [5, 5.41) is 2.86. The first-order valence-corrected chi connectivity index (χ1v) is 9.53. The van der Waals surface area contributed by atoms with E-state index in [-0.39, 0.29) is 17.7 Å². The molecular formula is C20H19N3O2S. The van der Waals surface area contributed by atoms with Gasteiger partial charge in [0.1, 0.15) is 0 Å². The molecule has 0 aliphatic carbocycles. The van der Waals surface area contributed by atoms with Crippen LogP contribution in [0, 0.1) is 5.92 Å². The highest BCUT2D eigenvalue weighted by atomic mass is 32.1. The number of likely N-dealkylation sites (tertiary alicyclic amines) is 1. The molecule has 0 unspecified atom stereocenters. The first-order valence-electron chi connectivity index (χ1n) is 8.66. The number of para-hydroxylation sites is 1. The number of carbonyl (C=O) groups is 2. The average Bonchev–Trinajstić information content (AvgIpc) is 3.21. The van der Waals surface area contributed by atoms with E-state index in [2.05, 4.69) is 0 Å². The second-order valence-corrected chi connectivity index (χ2v) is 7.47. The molecule has 1 saturated heterocycles. The van der Waals surface area contributed by atoms with E-state index in [4.69, 9.17) is 10.7 Å². The Morgan fingerprint density at radius 3 is 2.58 bits per heavy atom. The van der Waals surface area contributed by atoms with Gasteiger partial charge in [0.25, 0.3) is 5.91 Å². The van der Waals surface area contributed by atoms with Crippen LogP contribution < -0.4 is 5.73 Å². The van der Waals surface area contributed by atoms with E-state index in [0.717, 1.165) is 21.5 Å². The molecule has 0 saturated carbocycles. The number of primary amides is 1. The molecule has 5 nitrogen and oxygen atoms in total. The van der Waals surface area contributed by atoms with Crippen molar-refractivity contribution in [1.82, 2.24) is 9.88 Å². The summed E-state index contributed by atoms with van der Waals surface area (Å²) in [5.41, 5.74) is 7.69. The van der Waals surface area contributed by atoms with Crippen molar-refractivity contribution in [3.05, 3.63) is 53.4 Å². The lowest BCUT2D eigenvalue weighted by atomic mass is 9.95. The molecular weight excluding hydrogens is 346 g/mol. The number of aromatic nitrogens is 1. The molecule has 132 valence electrons. The average molecular weight is 365 g/mol. The monoisotopic (exact) mass is 365 g/mol. The van der Waals surface area contributed by atoms with Gasteiger partial charge < -0.3 is 10.6 Å². The normalized spacial score (nSPS) is 15.3. The van der Waals surface area contributed by atoms with Crippen LogP contribution in [0.4, 0.5) is 0 Å². The Morgan fingerprint density at radius 1 is 1.12 bits per heavy atom. The summed E-state index contributed by atoms with van der Waals surface area (Å²) in [6.07, 6.45) is 1.25. The second-order valence-electron chi connectivity index (χ2n) is 6.52. The van der Waals surface area contributed by atoms with Crippen molar-refractivity contribution in [1.29, 1.82) is 0 Å². The van der Waals surface area contributed by atoms with Crippen LogP contribution in [0.25, 0.3) is 21.5 Å². The van der Waals surface area contributed by atoms with Crippen molar-refractivity contribution in [2.75, 3.05) is 13.1 Å². The molecule has 1 aliphatic rings. The Morgan fingerprint density at radius 2 is 1.88 bits per heavy atom. The third-order valence-corrected chi connectivity index (χ3v) is 5.80. The molecule has 1 aromatic carbocycles. The highest BCUT2D eigenvalue weighted by Gasteiger charge is 2.27. The van der Waals surface area contributed by atoms with E-state index >= 15 is 0 Å². The molecule has 1 fully saturated rings.